The summed E-state index contributed by atoms with van der Waals surface area (Å²) in [5.41, 5.74) is 4.36. The molecule has 1 nitrogen and oxygen atoms in total. The second-order valence-electron chi connectivity index (χ2n) is 1.80. The Morgan fingerprint density at radius 2 is 1.56 bits per heavy atom. The molecule has 0 aliphatic carbocycles. The van der Waals surface area contributed by atoms with Crippen LogP contribution in [0.1, 0.15) is 6.92 Å². The molecule has 0 saturated carbocycles. The summed E-state index contributed by atoms with van der Waals surface area (Å²) >= 11 is 0. The van der Waals surface area contributed by atoms with Gasteiger partial charge in [0.25, 0.3) is 0 Å². The minimum atomic E-state index is -4.08. The Morgan fingerprint density at radius 3 is 1.56 bits per heavy atom. The maximum absolute atomic E-state index is 11.8. The van der Waals surface area contributed by atoms with Crippen LogP contribution in [0.25, 0.3) is 0 Å². The summed E-state index contributed by atoms with van der Waals surface area (Å²) in [4.78, 5) is 0. The van der Waals surface area contributed by atoms with Gasteiger partial charge in [0, 0.05) is 6.92 Å². The van der Waals surface area contributed by atoms with E-state index in [-0.39, 0.29) is 6.92 Å². The van der Waals surface area contributed by atoms with Crippen LogP contribution in [-0.4, -0.2) is 18.4 Å². The first-order chi connectivity index (χ1) is 3.81. The second-order valence-corrected chi connectivity index (χ2v) is 1.80. The van der Waals surface area contributed by atoms with E-state index in [0.717, 1.165) is 0 Å². The highest BCUT2D eigenvalue weighted by molar-refractivity contribution is 4.80. The van der Waals surface area contributed by atoms with E-state index < -0.39 is 18.4 Å². The summed E-state index contributed by atoms with van der Waals surface area (Å²) in [7, 11) is 0. The van der Waals surface area contributed by atoms with Crippen LogP contribution in [0.3, 0.4) is 0 Å². The van der Waals surface area contributed by atoms with Gasteiger partial charge in [-0.25, -0.2) is 8.78 Å². The van der Waals surface area contributed by atoms with Gasteiger partial charge in [0.05, 0.1) is 6.54 Å². The third kappa shape index (κ3) is 1.82. The maximum atomic E-state index is 11.8. The lowest BCUT2D eigenvalue weighted by molar-refractivity contribution is -0.190. The SMILES string of the molecule is CC(F)(F)C(F)(F)CN. The molecule has 0 atom stereocenters. The molecule has 0 rings (SSSR count). The van der Waals surface area contributed by atoms with Gasteiger partial charge in [0.15, 0.2) is 0 Å². The second kappa shape index (κ2) is 2.13. The van der Waals surface area contributed by atoms with Crippen molar-refractivity contribution in [3.63, 3.8) is 0 Å². The van der Waals surface area contributed by atoms with Crippen molar-refractivity contribution in [2.45, 2.75) is 18.8 Å². The highest BCUT2D eigenvalue weighted by Gasteiger charge is 2.50. The lowest BCUT2D eigenvalue weighted by Crippen LogP contribution is -2.43. The molecule has 0 unspecified atom stereocenters. The van der Waals surface area contributed by atoms with E-state index in [1.807, 2.05) is 0 Å². The van der Waals surface area contributed by atoms with Crippen molar-refractivity contribution in [3.05, 3.63) is 0 Å². The van der Waals surface area contributed by atoms with E-state index in [1.54, 1.807) is 0 Å². The Labute approximate surface area is 49.8 Å². The summed E-state index contributed by atoms with van der Waals surface area (Å²) in [6, 6.07) is 0. The monoisotopic (exact) mass is 145 g/mol. The average molecular weight is 145 g/mol. The molecule has 0 heterocycles. The fraction of sp³-hybridized carbons (Fsp3) is 1.00. The smallest absolute Gasteiger partial charge is 0.321 e. The predicted molar refractivity (Wildman–Crippen MR) is 24.6 cm³/mol. The fourth-order valence-corrected chi connectivity index (χ4v) is 0.179. The van der Waals surface area contributed by atoms with Crippen molar-refractivity contribution in [2.75, 3.05) is 6.54 Å². The van der Waals surface area contributed by atoms with E-state index in [9.17, 15) is 17.6 Å². The van der Waals surface area contributed by atoms with Crippen LogP contribution in [0.2, 0.25) is 0 Å². The molecule has 56 valence electrons. The quantitative estimate of drug-likeness (QED) is 0.581. The van der Waals surface area contributed by atoms with Gasteiger partial charge >= 0.3 is 11.8 Å². The summed E-state index contributed by atoms with van der Waals surface area (Å²) in [5.74, 6) is -8.09. The van der Waals surface area contributed by atoms with Crippen molar-refractivity contribution in [1.82, 2.24) is 0 Å². The summed E-state index contributed by atoms with van der Waals surface area (Å²) < 4.78 is 46.9. The van der Waals surface area contributed by atoms with Crippen LogP contribution in [-0.2, 0) is 0 Å². The number of nitrogens with two attached hydrogens (primary N) is 1. The molecule has 0 aliphatic rings. The molecule has 0 aromatic carbocycles. The molecule has 0 amide bonds. The molecule has 0 aliphatic heterocycles. The average Bonchev–Trinajstić information content (AvgIpc) is 1.64. The molecular formula is C4H7F4N. The highest BCUT2D eigenvalue weighted by atomic mass is 19.3. The van der Waals surface area contributed by atoms with Gasteiger partial charge in [-0.15, -0.1) is 0 Å². The molecule has 2 N–H and O–H groups in total. The predicted octanol–water partition coefficient (Wildman–Crippen LogP) is 1.24. The third-order valence-electron chi connectivity index (χ3n) is 0.899. The number of halogens is 4. The van der Waals surface area contributed by atoms with Crippen LogP contribution in [0.15, 0.2) is 0 Å². The molecule has 0 fully saturated rings. The zero-order valence-corrected chi connectivity index (χ0v) is 4.80. The van der Waals surface area contributed by atoms with Gasteiger partial charge < -0.3 is 5.73 Å². The largest absolute Gasteiger partial charge is 0.325 e. The summed E-state index contributed by atoms with van der Waals surface area (Å²) in [6.07, 6.45) is 0. The molecule has 0 aromatic rings. The van der Waals surface area contributed by atoms with Crippen LogP contribution in [0.5, 0.6) is 0 Å². The fourth-order valence-electron chi connectivity index (χ4n) is 0.179. The normalized spacial score (nSPS) is 14.0. The Bertz CT molecular complexity index is 95.2. The minimum Gasteiger partial charge on any atom is -0.325 e. The Morgan fingerprint density at radius 1 is 1.22 bits per heavy atom. The highest BCUT2D eigenvalue weighted by Crippen LogP contribution is 2.31. The van der Waals surface area contributed by atoms with Crippen LogP contribution < -0.4 is 5.73 Å². The Hall–Kier alpha value is -0.320. The number of alkyl halides is 4. The zero-order valence-electron chi connectivity index (χ0n) is 4.80. The van der Waals surface area contributed by atoms with Gasteiger partial charge in [0.2, 0.25) is 0 Å². The maximum Gasteiger partial charge on any atom is 0.321 e. The zero-order chi connectivity index (χ0) is 7.71. The van der Waals surface area contributed by atoms with Gasteiger partial charge in [-0.3, -0.25) is 0 Å². The van der Waals surface area contributed by atoms with E-state index in [2.05, 4.69) is 5.73 Å². The van der Waals surface area contributed by atoms with Gasteiger partial charge in [-0.1, -0.05) is 0 Å². The molecule has 9 heavy (non-hydrogen) atoms. The van der Waals surface area contributed by atoms with Gasteiger partial charge in [0.1, 0.15) is 0 Å². The first-order valence-electron chi connectivity index (χ1n) is 2.27. The lowest BCUT2D eigenvalue weighted by Gasteiger charge is -2.20. The molecule has 0 bridgehead atoms. The number of hydrogen-bond donors (Lipinski definition) is 1. The summed E-state index contributed by atoms with van der Waals surface area (Å²) in [5, 5.41) is 0. The first kappa shape index (κ1) is 8.68. The molecular weight excluding hydrogens is 138 g/mol. The van der Waals surface area contributed by atoms with Crippen molar-refractivity contribution in [2.24, 2.45) is 5.73 Å². The van der Waals surface area contributed by atoms with Crippen molar-refractivity contribution in [1.29, 1.82) is 0 Å². The third-order valence-corrected chi connectivity index (χ3v) is 0.899. The van der Waals surface area contributed by atoms with E-state index in [4.69, 9.17) is 0 Å². The standard InChI is InChI=1S/C4H7F4N/c1-3(5,6)4(7,8)2-9/h2,9H2,1H3. The number of hydrogen-bond acceptors (Lipinski definition) is 1. The molecule has 0 saturated heterocycles. The van der Waals surface area contributed by atoms with Gasteiger partial charge in [-0.05, 0) is 0 Å². The molecule has 0 radical (unpaired) electrons. The van der Waals surface area contributed by atoms with E-state index in [1.165, 1.54) is 0 Å². The molecule has 5 heteroatoms. The molecule has 0 aromatic heterocycles. The first-order valence-corrected chi connectivity index (χ1v) is 2.27. The minimum absolute atomic E-state index is 0.139. The summed E-state index contributed by atoms with van der Waals surface area (Å²) in [6.45, 7) is -1.18. The van der Waals surface area contributed by atoms with Crippen molar-refractivity contribution in [3.8, 4) is 0 Å². The lowest BCUT2D eigenvalue weighted by atomic mass is 10.2. The van der Waals surface area contributed by atoms with Crippen LogP contribution >= 0.6 is 0 Å². The van der Waals surface area contributed by atoms with Crippen LogP contribution in [0, 0.1) is 0 Å². The Balaban J connectivity index is 4.14. The topological polar surface area (TPSA) is 26.0 Å². The number of rotatable bonds is 2. The van der Waals surface area contributed by atoms with Gasteiger partial charge in [-0.2, -0.15) is 8.78 Å². The van der Waals surface area contributed by atoms with E-state index >= 15 is 0 Å². The van der Waals surface area contributed by atoms with Crippen molar-refractivity contribution >= 4 is 0 Å². The van der Waals surface area contributed by atoms with E-state index in [0.29, 0.717) is 0 Å². The van der Waals surface area contributed by atoms with Crippen molar-refractivity contribution < 1.29 is 17.6 Å². The molecule has 0 spiro atoms. The van der Waals surface area contributed by atoms with Crippen LogP contribution in [0.4, 0.5) is 17.6 Å². The Kier molecular flexibility index (Phi) is 2.06.